The number of hydrogen-bond acceptors (Lipinski definition) is 2. The minimum Gasteiger partial charge on any atom is -0.349 e. The third-order valence-corrected chi connectivity index (χ3v) is 4.08. The maximum Gasteiger partial charge on any atom is 0.220 e. The molecule has 1 aliphatic rings. The van der Waals surface area contributed by atoms with E-state index in [9.17, 15) is 4.79 Å². The summed E-state index contributed by atoms with van der Waals surface area (Å²) in [4.78, 5) is 12.2. The Labute approximate surface area is 134 Å². The summed E-state index contributed by atoms with van der Waals surface area (Å²) in [5.41, 5.74) is 1.19. The van der Waals surface area contributed by atoms with Gasteiger partial charge < -0.3 is 10.6 Å². The largest absolute Gasteiger partial charge is 0.349 e. The number of hydrogen-bond donors (Lipinski definition) is 2. The molecule has 1 aromatic carbocycles. The van der Waals surface area contributed by atoms with Crippen LogP contribution in [-0.4, -0.2) is 19.0 Å². The predicted molar refractivity (Wildman–Crippen MR) is 89.6 cm³/mol. The fraction of sp³-hybridized carbons (Fsp3) is 0.588. The first kappa shape index (κ1) is 18.0. The van der Waals surface area contributed by atoms with Gasteiger partial charge >= 0.3 is 0 Å². The molecule has 21 heavy (non-hydrogen) atoms. The van der Waals surface area contributed by atoms with Crippen LogP contribution in [0.25, 0.3) is 0 Å². The van der Waals surface area contributed by atoms with E-state index in [1.54, 1.807) is 0 Å². The van der Waals surface area contributed by atoms with Gasteiger partial charge in [0.05, 0.1) is 6.04 Å². The van der Waals surface area contributed by atoms with Gasteiger partial charge in [0.25, 0.3) is 0 Å². The van der Waals surface area contributed by atoms with E-state index < -0.39 is 0 Å². The Balaban J connectivity index is 0.00000220. The van der Waals surface area contributed by atoms with Crippen molar-refractivity contribution in [2.75, 3.05) is 13.1 Å². The van der Waals surface area contributed by atoms with Gasteiger partial charge in [0.2, 0.25) is 5.91 Å². The van der Waals surface area contributed by atoms with Crippen molar-refractivity contribution in [1.29, 1.82) is 0 Å². The van der Waals surface area contributed by atoms with Gasteiger partial charge in [-0.1, -0.05) is 44.2 Å². The Morgan fingerprint density at radius 1 is 1.33 bits per heavy atom. The number of amides is 1. The van der Waals surface area contributed by atoms with Gasteiger partial charge in [-0.25, -0.2) is 0 Å². The van der Waals surface area contributed by atoms with Gasteiger partial charge in [0.1, 0.15) is 0 Å². The van der Waals surface area contributed by atoms with Crippen molar-refractivity contribution in [3.05, 3.63) is 35.9 Å². The second-order valence-electron chi connectivity index (χ2n) is 6.10. The summed E-state index contributed by atoms with van der Waals surface area (Å²) in [5.74, 6) is 1.25. The van der Waals surface area contributed by atoms with Crippen LogP contribution in [0, 0.1) is 11.8 Å². The first-order valence-electron chi connectivity index (χ1n) is 7.72. The molecular weight excluding hydrogens is 284 g/mol. The lowest BCUT2D eigenvalue weighted by atomic mass is 9.95. The highest BCUT2D eigenvalue weighted by molar-refractivity contribution is 5.85. The maximum absolute atomic E-state index is 12.2. The van der Waals surface area contributed by atoms with E-state index in [0.717, 1.165) is 19.5 Å². The summed E-state index contributed by atoms with van der Waals surface area (Å²) in [6.07, 6.45) is 2.85. The lowest BCUT2D eigenvalue weighted by Gasteiger charge is -2.23. The summed E-state index contributed by atoms with van der Waals surface area (Å²) in [7, 11) is 0. The van der Waals surface area contributed by atoms with Gasteiger partial charge in [-0.3, -0.25) is 4.79 Å². The van der Waals surface area contributed by atoms with Crippen LogP contribution in [-0.2, 0) is 4.79 Å². The standard InChI is InChI=1S/C17H26N2O.ClH/c1-13(2)17(15-6-4-3-5-7-15)19-16(20)9-8-14-10-11-18-12-14;/h3-7,13-14,17-18H,8-12H2,1-2H3,(H,19,20);1H. The van der Waals surface area contributed by atoms with E-state index >= 15 is 0 Å². The first-order chi connectivity index (χ1) is 9.66. The van der Waals surface area contributed by atoms with E-state index in [1.807, 2.05) is 18.2 Å². The van der Waals surface area contributed by atoms with Crippen LogP contribution in [0.2, 0.25) is 0 Å². The molecule has 0 saturated carbocycles. The monoisotopic (exact) mass is 310 g/mol. The third kappa shape index (κ3) is 5.68. The summed E-state index contributed by atoms with van der Waals surface area (Å²) in [5, 5.41) is 6.55. The highest BCUT2D eigenvalue weighted by Crippen LogP contribution is 2.22. The van der Waals surface area contributed by atoms with Crippen LogP contribution < -0.4 is 10.6 Å². The summed E-state index contributed by atoms with van der Waals surface area (Å²) < 4.78 is 0. The summed E-state index contributed by atoms with van der Waals surface area (Å²) in [6, 6.07) is 10.4. The maximum atomic E-state index is 12.2. The third-order valence-electron chi connectivity index (χ3n) is 4.08. The van der Waals surface area contributed by atoms with E-state index in [4.69, 9.17) is 0 Å². The Morgan fingerprint density at radius 3 is 2.62 bits per heavy atom. The normalized spacial score (nSPS) is 19.1. The molecule has 1 aliphatic heterocycles. The molecule has 1 aromatic rings. The highest BCUT2D eigenvalue weighted by Gasteiger charge is 2.20. The molecule has 0 aromatic heterocycles. The fourth-order valence-electron chi connectivity index (χ4n) is 2.84. The molecule has 118 valence electrons. The molecule has 0 aliphatic carbocycles. The van der Waals surface area contributed by atoms with Crippen LogP contribution >= 0.6 is 12.4 Å². The second-order valence-corrected chi connectivity index (χ2v) is 6.10. The molecule has 2 rings (SSSR count). The Kier molecular flexibility index (Phi) is 7.76. The number of halogens is 1. The van der Waals surface area contributed by atoms with Crippen molar-refractivity contribution >= 4 is 18.3 Å². The van der Waals surface area contributed by atoms with Crippen molar-refractivity contribution in [3.63, 3.8) is 0 Å². The molecule has 1 heterocycles. The number of carbonyl (C=O) groups excluding carboxylic acids is 1. The molecule has 0 bridgehead atoms. The molecule has 4 heteroatoms. The number of rotatable bonds is 6. The lowest BCUT2D eigenvalue weighted by molar-refractivity contribution is -0.122. The molecule has 2 atom stereocenters. The Morgan fingerprint density at radius 2 is 2.05 bits per heavy atom. The zero-order chi connectivity index (χ0) is 14.4. The zero-order valence-corrected chi connectivity index (χ0v) is 13.8. The lowest BCUT2D eigenvalue weighted by Crippen LogP contribution is -2.32. The molecular formula is C17H27ClN2O. The van der Waals surface area contributed by atoms with Crippen molar-refractivity contribution in [2.45, 2.75) is 39.2 Å². The second kappa shape index (κ2) is 9.06. The quantitative estimate of drug-likeness (QED) is 0.846. The predicted octanol–water partition coefficient (Wildman–Crippen LogP) is 3.31. The average molecular weight is 311 g/mol. The Bertz CT molecular complexity index is 416. The minimum atomic E-state index is 0. The molecule has 1 amide bonds. The molecule has 1 fully saturated rings. The topological polar surface area (TPSA) is 41.1 Å². The average Bonchev–Trinajstić information content (AvgIpc) is 2.96. The molecule has 1 saturated heterocycles. The van der Waals surface area contributed by atoms with Gasteiger partial charge in [0, 0.05) is 6.42 Å². The number of benzene rings is 1. The van der Waals surface area contributed by atoms with E-state index in [2.05, 4.69) is 36.6 Å². The summed E-state index contributed by atoms with van der Waals surface area (Å²) in [6.45, 7) is 6.47. The number of nitrogens with one attached hydrogen (secondary N) is 2. The number of carbonyl (C=O) groups is 1. The van der Waals surface area contributed by atoms with Gasteiger partial charge in [0.15, 0.2) is 0 Å². The van der Waals surface area contributed by atoms with Gasteiger partial charge in [-0.2, -0.15) is 0 Å². The zero-order valence-electron chi connectivity index (χ0n) is 13.0. The van der Waals surface area contributed by atoms with Crippen LogP contribution in [0.15, 0.2) is 30.3 Å². The molecule has 0 radical (unpaired) electrons. The van der Waals surface area contributed by atoms with Crippen LogP contribution in [0.3, 0.4) is 0 Å². The van der Waals surface area contributed by atoms with Crippen molar-refractivity contribution < 1.29 is 4.79 Å². The summed E-state index contributed by atoms with van der Waals surface area (Å²) >= 11 is 0. The smallest absolute Gasteiger partial charge is 0.220 e. The first-order valence-corrected chi connectivity index (χ1v) is 7.72. The molecule has 3 nitrogen and oxygen atoms in total. The van der Waals surface area contributed by atoms with Crippen molar-refractivity contribution in [3.8, 4) is 0 Å². The van der Waals surface area contributed by atoms with E-state index in [-0.39, 0.29) is 24.4 Å². The van der Waals surface area contributed by atoms with Crippen LogP contribution in [0.5, 0.6) is 0 Å². The van der Waals surface area contributed by atoms with E-state index in [1.165, 1.54) is 12.0 Å². The van der Waals surface area contributed by atoms with Crippen molar-refractivity contribution in [1.82, 2.24) is 10.6 Å². The van der Waals surface area contributed by atoms with Crippen molar-refractivity contribution in [2.24, 2.45) is 11.8 Å². The minimum absolute atomic E-state index is 0. The Hall–Kier alpha value is -1.06. The van der Waals surface area contributed by atoms with Crippen LogP contribution in [0.4, 0.5) is 0 Å². The van der Waals surface area contributed by atoms with Crippen LogP contribution in [0.1, 0.15) is 44.7 Å². The SMILES string of the molecule is CC(C)C(NC(=O)CCC1CCNC1)c1ccccc1.Cl. The molecule has 2 N–H and O–H groups in total. The van der Waals surface area contributed by atoms with Gasteiger partial charge in [-0.05, 0) is 43.3 Å². The molecule has 2 unspecified atom stereocenters. The molecule has 0 spiro atoms. The fourth-order valence-corrected chi connectivity index (χ4v) is 2.84. The van der Waals surface area contributed by atoms with Gasteiger partial charge in [-0.15, -0.1) is 12.4 Å². The van der Waals surface area contributed by atoms with E-state index in [0.29, 0.717) is 18.3 Å². The highest BCUT2D eigenvalue weighted by atomic mass is 35.5.